The Labute approximate surface area is 190 Å². The van der Waals surface area contributed by atoms with E-state index in [1.54, 1.807) is 24.3 Å². The maximum Gasteiger partial charge on any atom is 0.416 e. The third-order valence-corrected chi connectivity index (χ3v) is 6.78. The third-order valence-electron chi connectivity index (χ3n) is 4.88. The SMILES string of the molecule is COCCOc1ccccc1S(=O)(=O)N1CC=C(NOCc2cccc(C(F)(F)F)c2)CC1. The van der Waals surface area contributed by atoms with Crippen LogP contribution in [0.4, 0.5) is 13.2 Å². The number of halogens is 3. The fourth-order valence-electron chi connectivity index (χ4n) is 3.17. The van der Waals surface area contributed by atoms with Crippen LogP contribution in [0.2, 0.25) is 0 Å². The molecule has 2 aromatic carbocycles. The lowest BCUT2D eigenvalue weighted by Crippen LogP contribution is -2.37. The van der Waals surface area contributed by atoms with Crippen LogP contribution in [-0.2, 0) is 32.4 Å². The lowest BCUT2D eigenvalue weighted by atomic mass is 10.1. The van der Waals surface area contributed by atoms with Crippen LogP contribution in [0.3, 0.4) is 0 Å². The van der Waals surface area contributed by atoms with E-state index in [-0.39, 0.29) is 36.9 Å². The number of hydrogen-bond acceptors (Lipinski definition) is 6. The highest BCUT2D eigenvalue weighted by Crippen LogP contribution is 2.30. The van der Waals surface area contributed by atoms with E-state index in [9.17, 15) is 21.6 Å². The van der Waals surface area contributed by atoms with Gasteiger partial charge < -0.3 is 9.47 Å². The van der Waals surface area contributed by atoms with Gasteiger partial charge in [-0.15, -0.1) is 0 Å². The molecule has 0 atom stereocenters. The summed E-state index contributed by atoms with van der Waals surface area (Å²) in [5, 5.41) is 0. The number of sulfonamides is 1. The molecule has 1 aliphatic rings. The van der Waals surface area contributed by atoms with Gasteiger partial charge >= 0.3 is 6.18 Å². The lowest BCUT2D eigenvalue weighted by Gasteiger charge is -2.26. The van der Waals surface area contributed by atoms with Gasteiger partial charge in [-0.2, -0.15) is 17.5 Å². The third kappa shape index (κ3) is 6.70. The van der Waals surface area contributed by atoms with Crippen molar-refractivity contribution < 1.29 is 35.9 Å². The van der Waals surface area contributed by atoms with Crippen LogP contribution in [-0.4, -0.2) is 46.1 Å². The number of nitrogens with one attached hydrogen (secondary N) is 1. The van der Waals surface area contributed by atoms with Crippen LogP contribution in [0.15, 0.2) is 65.2 Å². The number of methoxy groups -OCH3 is 1. The molecule has 2 aromatic rings. The number of hydroxylamine groups is 1. The van der Waals surface area contributed by atoms with Crippen molar-refractivity contribution in [3.05, 3.63) is 71.4 Å². The predicted octanol–water partition coefficient (Wildman–Crippen LogP) is 3.73. The van der Waals surface area contributed by atoms with E-state index in [1.807, 2.05) is 0 Å². The molecule has 11 heteroatoms. The molecule has 0 saturated heterocycles. The molecule has 33 heavy (non-hydrogen) atoms. The first-order valence-corrected chi connectivity index (χ1v) is 11.6. The van der Waals surface area contributed by atoms with Crippen LogP contribution in [0, 0.1) is 0 Å². The Morgan fingerprint density at radius 2 is 1.88 bits per heavy atom. The number of hydrogen-bond donors (Lipinski definition) is 1. The van der Waals surface area contributed by atoms with Crippen molar-refractivity contribution in [1.82, 2.24) is 9.79 Å². The molecule has 1 heterocycles. The maximum atomic E-state index is 13.1. The molecule has 0 aliphatic carbocycles. The summed E-state index contributed by atoms with van der Waals surface area (Å²) in [5.41, 5.74) is 2.98. The van der Waals surface area contributed by atoms with E-state index in [2.05, 4.69) is 5.48 Å². The maximum absolute atomic E-state index is 13.1. The molecule has 1 N–H and O–H groups in total. The summed E-state index contributed by atoms with van der Waals surface area (Å²) >= 11 is 0. The highest BCUT2D eigenvalue weighted by molar-refractivity contribution is 7.89. The van der Waals surface area contributed by atoms with Gasteiger partial charge in [-0.1, -0.05) is 24.3 Å². The van der Waals surface area contributed by atoms with Crippen molar-refractivity contribution in [3.8, 4) is 5.75 Å². The molecule has 0 radical (unpaired) electrons. The van der Waals surface area contributed by atoms with E-state index in [0.29, 0.717) is 24.3 Å². The second-order valence-corrected chi connectivity index (χ2v) is 9.13. The Balaban J connectivity index is 1.57. The van der Waals surface area contributed by atoms with Gasteiger partial charge in [0.05, 0.1) is 18.8 Å². The van der Waals surface area contributed by atoms with E-state index in [0.717, 1.165) is 12.1 Å². The first-order valence-electron chi connectivity index (χ1n) is 10.2. The number of benzene rings is 2. The lowest BCUT2D eigenvalue weighted by molar-refractivity contribution is -0.137. The van der Waals surface area contributed by atoms with Gasteiger partial charge in [0.15, 0.2) is 0 Å². The van der Waals surface area contributed by atoms with E-state index >= 15 is 0 Å². The van der Waals surface area contributed by atoms with Gasteiger partial charge in [0.1, 0.15) is 17.3 Å². The molecular formula is C22H25F3N2O5S. The molecule has 0 fully saturated rings. The van der Waals surface area contributed by atoms with Crippen LogP contribution >= 0.6 is 0 Å². The van der Waals surface area contributed by atoms with Crippen molar-refractivity contribution in [2.45, 2.75) is 24.1 Å². The summed E-state index contributed by atoms with van der Waals surface area (Å²) in [6, 6.07) is 11.3. The van der Waals surface area contributed by atoms with Crippen molar-refractivity contribution in [1.29, 1.82) is 0 Å². The van der Waals surface area contributed by atoms with Gasteiger partial charge in [-0.3, -0.25) is 10.3 Å². The molecule has 0 amide bonds. The number of rotatable bonds is 10. The zero-order valence-corrected chi connectivity index (χ0v) is 18.8. The second-order valence-electron chi connectivity index (χ2n) is 7.22. The van der Waals surface area contributed by atoms with Gasteiger partial charge in [-0.05, 0) is 35.9 Å². The average Bonchev–Trinajstić information content (AvgIpc) is 2.79. The predicted molar refractivity (Wildman–Crippen MR) is 115 cm³/mol. The van der Waals surface area contributed by atoms with E-state index < -0.39 is 21.8 Å². The van der Waals surface area contributed by atoms with Crippen LogP contribution < -0.4 is 10.2 Å². The Morgan fingerprint density at radius 3 is 2.58 bits per heavy atom. The highest BCUT2D eigenvalue weighted by atomic mass is 32.2. The largest absolute Gasteiger partial charge is 0.490 e. The van der Waals surface area contributed by atoms with Gasteiger partial charge in [0.25, 0.3) is 0 Å². The number of nitrogens with zero attached hydrogens (tertiary/aromatic N) is 1. The smallest absolute Gasteiger partial charge is 0.416 e. The minimum absolute atomic E-state index is 0.0739. The zero-order valence-electron chi connectivity index (χ0n) is 18.0. The summed E-state index contributed by atoms with van der Waals surface area (Å²) in [7, 11) is -2.26. The summed E-state index contributed by atoms with van der Waals surface area (Å²) in [6.07, 6.45) is -2.40. The Kier molecular flexibility index (Phi) is 8.35. The second kappa shape index (κ2) is 11.0. The fraction of sp³-hybridized carbons (Fsp3) is 0.364. The quantitative estimate of drug-likeness (QED) is 0.408. The topological polar surface area (TPSA) is 77.1 Å². The van der Waals surface area contributed by atoms with Gasteiger partial charge in [0, 0.05) is 32.3 Å². The molecule has 0 unspecified atom stereocenters. The fourth-order valence-corrected chi connectivity index (χ4v) is 4.68. The molecule has 0 aromatic heterocycles. The molecule has 180 valence electrons. The van der Waals surface area contributed by atoms with Crippen molar-refractivity contribution >= 4 is 10.0 Å². The Bertz CT molecular complexity index is 1070. The Hall–Kier alpha value is -2.60. The molecule has 0 bridgehead atoms. The minimum Gasteiger partial charge on any atom is -0.490 e. The number of alkyl halides is 3. The molecule has 0 saturated carbocycles. The van der Waals surface area contributed by atoms with Crippen molar-refractivity contribution in [2.24, 2.45) is 0 Å². The summed E-state index contributed by atoms with van der Waals surface area (Å²) in [4.78, 5) is 5.40. The molecule has 3 rings (SSSR count). The first kappa shape index (κ1) is 25.0. The minimum atomic E-state index is -4.42. The summed E-state index contributed by atoms with van der Waals surface area (Å²) in [6.45, 7) is 0.802. The first-order chi connectivity index (χ1) is 15.7. The molecule has 7 nitrogen and oxygen atoms in total. The summed E-state index contributed by atoms with van der Waals surface area (Å²) < 4.78 is 76.4. The molecule has 1 aliphatic heterocycles. The molecular weight excluding hydrogens is 461 g/mol. The van der Waals surface area contributed by atoms with Gasteiger partial charge in [-0.25, -0.2) is 8.42 Å². The zero-order chi connectivity index (χ0) is 23.9. The Morgan fingerprint density at radius 1 is 1.09 bits per heavy atom. The highest BCUT2D eigenvalue weighted by Gasteiger charge is 2.31. The normalized spacial score (nSPS) is 15.2. The van der Waals surface area contributed by atoms with E-state index in [4.69, 9.17) is 14.3 Å². The number of para-hydroxylation sites is 1. The van der Waals surface area contributed by atoms with E-state index in [1.165, 1.54) is 29.6 Å². The van der Waals surface area contributed by atoms with Crippen molar-refractivity contribution in [2.75, 3.05) is 33.4 Å². The van der Waals surface area contributed by atoms with Crippen LogP contribution in [0.5, 0.6) is 5.75 Å². The number of ether oxygens (including phenoxy) is 2. The monoisotopic (exact) mass is 486 g/mol. The van der Waals surface area contributed by atoms with Crippen LogP contribution in [0.1, 0.15) is 17.5 Å². The molecule has 0 spiro atoms. The average molecular weight is 487 g/mol. The van der Waals surface area contributed by atoms with Crippen LogP contribution in [0.25, 0.3) is 0 Å². The summed E-state index contributed by atoms with van der Waals surface area (Å²) in [5.74, 6) is 0.256. The standard InChI is InChI=1S/C22H25F3N2O5S/c1-30-13-14-31-20-7-2-3-8-21(20)33(28,29)27-11-9-19(10-12-27)26-32-16-17-5-4-6-18(15-17)22(23,24)25/h2-9,15,26H,10-14,16H2,1H3. The van der Waals surface area contributed by atoms with Crippen molar-refractivity contribution in [3.63, 3.8) is 0 Å². The van der Waals surface area contributed by atoms with Gasteiger partial charge in [0.2, 0.25) is 10.0 Å².